The number of hydrogen-bond donors (Lipinski definition) is 1. The van der Waals surface area contributed by atoms with Crippen LogP contribution < -0.4 is 10.5 Å². The molecule has 0 aliphatic heterocycles. The monoisotopic (exact) mass is 407 g/mol. The van der Waals surface area contributed by atoms with Crippen LogP contribution in [0.3, 0.4) is 0 Å². The number of benzene rings is 2. The Morgan fingerprint density at radius 1 is 1.14 bits per heavy atom. The molecule has 0 saturated carbocycles. The first-order chi connectivity index (χ1) is 13.2. The number of carbonyl (C=O) groups is 1. The SMILES string of the molecule is CCN(CC)S(=O)(=O)c1ccc(OCc2ccc(C(N)=O)cc2)c([N+](=O)[O-])c1. The Bertz CT molecular complexity index is 969. The van der Waals surface area contributed by atoms with E-state index in [1.54, 1.807) is 26.0 Å². The van der Waals surface area contributed by atoms with E-state index in [4.69, 9.17) is 10.5 Å². The first kappa shape index (κ1) is 21.3. The van der Waals surface area contributed by atoms with Gasteiger partial charge in [0, 0.05) is 24.7 Å². The van der Waals surface area contributed by atoms with Gasteiger partial charge in [-0.2, -0.15) is 4.31 Å². The predicted octanol–water partition coefficient (Wildman–Crippen LogP) is 2.30. The fourth-order valence-electron chi connectivity index (χ4n) is 2.56. The molecule has 0 heterocycles. The molecule has 0 spiro atoms. The zero-order valence-corrected chi connectivity index (χ0v) is 16.3. The quantitative estimate of drug-likeness (QED) is 0.501. The minimum atomic E-state index is -3.82. The third kappa shape index (κ3) is 4.65. The van der Waals surface area contributed by atoms with Crippen molar-refractivity contribution >= 4 is 21.6 Å². The molecule has 0 unspecified atom stereocenters. The lowest BCUT2D eigenvalue weighted by Crippen LogP contribution is -2.30. The zero-order valence-electron chi connectivity index (χ0n) is 15.5. The van der Waals surface area contributed by atoms with Crippen LogP contribution in [0.2, 0.25) is 0 Å². The lowest BCUT2D eigenvalue weighted by molar-refractivity contribution is -0.386. The molecule has 28 heavy (non-hydrogen) atoms. The van der Waals surface area contributed by atoms with E-state index in [-0.39, 0.29) is 30.3 Å². The molecule has 0 aromatic heterocycles. The average molecular weight is 407 g/mol. The third-order valence-corrected chi connectivity index (χ3v) is 6.15. The van der Waals surface area contributed by atoms with Crippen LogP contribution in [0.4, 0.5) is 5.69 Å². The molecular formula is C18H21N3O6S. The average Bonchev–Trinajstić information content (AvgIpc) is 2.67. The maximum Gasteiger partial charge on any atom is 0.312 e. The number of ether oxygens (including phenoxy) is 1. The summed E-state index contributed by atoms with van der Waals surface area (Å²) in [6, 6.07) is 9.83. The summed E-state index contributed by atoms with van der Waals surface area (Å²) in [7, 11) is -3.82. The molecule has 2 rings (SSSR count). The fraction of sp³-hybridized carbons (Fsp3) is 0.278. The van der Waals surface area contributed by atoms with Gasteiger partial charge in [0.1, 0.15) is 6.61 Å². The largest absolute Gasteiger partial charge is 0.482 e. The summed E-state index contributed by atoms with van der Waals surface area (Å²) in [5.74, 6) is -0.615. The first-order valence-electron chi connectivity index (χ1n) is 8.50. The van der Waals surface area contributed by atoms with Crippen LogP contribution in [0.5, 0.6) is 5.75 Å². The summed E-state index contributed by atoms with van der Waals surface area (Å²) in [6.07, 6.45) is 0. The lowest BCUT2D eigenvalue weighted by Gasteiger charge is -2.18. The smallest absolute Gasteiger partial charge is 0.312 e. The molecule has 2 aromatic rings. The van der Waals surface area contributed by atoms with Crippen LogP contribution in [0.25, 0.3) is 0 Å². The van der Waals surface area contributed by atoms with Gasteiger partial charge in [0.25, 0.3) is 0 Å². The molecule has 0 saturated heterocycles. The van der Waals surface area contributed by atoms with Gasteiger partial charge in [-0.05, 0) is 29.8 Å². The topological polar surface area (TPSA) is 133 Å². The Labute approximate surface area is 162 Å². The molecule has 150 valence electrons. The summed E-state index contributed by atoms with van der Waals surface area (Å²) in [4.78, 5) is 21.6. The van der Waals surface area contributed by atoms with Gasteiger partial charge in [0.05, 0.1) is 9.82 Å². The highest BCUT2D eigenvalue weighted by Gasteiger charge is 2.26. The number of nitro benzene ring substituents is 1. The Kier molecular flexibility index (Phi) is 6.71. The van der Waals surface area contributed by atoms with Gasteiger partial charge in [0.2, 0.25) is 15.9 Å². The first-order valence-corrected chi connectivity index (χ1v) is 9.94. The van der Waals surface area contributed by atoms with Gasteiger partial charge >= 0.3 is 5.69 Å². The van der Waals surface area contributed by atoms with Gasteiger partial charge in [0.15, 0.2) is 5.75 Å². The van der Waals surface area contributed by atoms with E-state index in [9.17, 15) is 23.3 Å². The van der Waals surface area contributed by atoms with E-state index in [1.807, 2.05) is 0 Å². The molecule has 0 fully saturated rings. The number of nitro groups is 1. The highest BCUT2D eigenvalue weighted by atomic mass is 32.2. The second-order valence-corrected chi connectivity index (χ2v) is 7.76. The highest BCUT2D eigenvalue weighted by Crippen LogP contribution is 2.31. The molecule has 2 aromatic carbocycles. The van der Waals surface area contributed by atoms with Crippen LogP contribution >= 0.6 is 0 Å². The van der Waals surface area contributed by atoms with Crippen LogP contribution in [0.1, 0.15) is 29.8 Å². The fourth-order valence-corrected chi connectivity index (χ4v) is 4.04. The molecule has 0 aliphatic rings. The normalized spacial score (nSPS) is 11.4. The molecule has 0 radical (unpaired) electrons. The van der Waals surface area contributed by atoms with E-state index in [1.165, 1.54) is 28.6 Å². The second kappa shape index (κ2) is 8.81. The molecule has 9 nitrogen and oxygen atoms in total. The van der Waals surface area contributed by atoms with Crippen molar-refractivity contribution in [3.8, 4) is 5.75 Å². The van der Waals surface area contributed by atoms with E-state index >= 15 is 0 Å². The summed E-state index contributed by atoms with van der Waals surface area (Å²) >= 11 is 0. The van der Waals surface area contributed by atoms with Crippen molar-refractivity contribution in [1.82, 2.24) is 4.31 Å². The number of nitrogens with zero attached hydrogens (tertiary/aromatic N) is 2. The van der Waals surface area contributed by atoms with Crippen molar-refractivity contribution < 1.29 is 22.9 Å². The van der Waals surface area contributed by atoms with E-state index in [0.29, 0.717) is 11.1 Å². The van der Waals surface area contributed by atoms with Crippen LogP contribution in [-0.4, -0.2) is 36.6 Å². The van der Waals surface area contributed by atoms with E-state index in [0.717, 1.165) is 6.07 Å². The second-order valence-electron chi connectivity index (χ2n) is 5.83. The van der Waals surface area contributed by atoms with Crippen molar-refractivity contribution in [3.05, 3.63) is 63.7 Å². The van der Waals surface area contributed by atoms with Gasteiger partial charge in [-0.15, -0.1) is 0 Å². The van der Waals surface area contributed by atoms with Crippen molar-refractivity contribution in [1.29, 1.82) is 0 Å². The number of amides is 1. The highest BCUT2D eigenvalue weighted by molar-refractivity contribution is 7.89. The van der Waals surface area contributed by atoms with Crippen molar-refractivity contribution in [2.24, 2.45) is 5.73 Å². The van der Waals surface area contributed by atoms with Crippen LogP contribution in [-0.2, 0) is 16.6 Å². The minimum Gasteiger partial charge on any atom is -0.482 e. The molecule has 0 atom stereocenters. The summed E-state index contributed by atoms with van der Waals surface area (Å²) < 4.78 is 31.9. The molecule has 0 bridgehead atoms. The lowest BCUT2D eigenvalue weighted by atomic mass is 10.1. The molecule has 1 amide bonds. The Morgan fingerprint density at radius 2 is 1.75 bits per heavy atom. The Morgan fingerprint density at radius 3 is 2.25 bits per heavy atom. The zero-order chi connectivity index (χ0) is 20.9. The number of primary amides is 1. The van der Waals surface area contributed by atoms with Crippen LogP contribution in [0, 0.1) is 10.1 Å². The number of nitrogens with two attached hydrogens (primary N) is 1. The Balaban J connectivity index is 2.28. The molecule has 2 N–H and O–H groups in total. The maximum atomic E-state index is 12.6. The van der Waals surface area contributed by atoms with Gasteiger partial charge < -0.3 is 10.5 Å². The van der Waals surface area contributed by atoms with Crippen molar-refractivity contribution in [2.75, 3.05) is 13.1 Å². The van der Waals surface area contributed by atoms with E-state index < -0.39 is 26.5 Å². The van der Waals surface area contributed by atoms with Gasteiger partial charge in [-0.25, -0.2) is 8.42 Å². The number of sulfonamides is 1. The van der Waals surface area contributed by atoms with Gasteiger partial charge in [-0.1, -0.05) is 26.0 Å². The molecule has 0 aliphatic carbocycles. The van der Waals surface area contributed by atoms with E-state index in [2.05, 4.69) is 0 Å². The molecule has 10 heteroatoms. The Hall–Kier alpha value is -2.98. The number of rotatable bonds is 9. The van der Waals surface area contributed by atoms with Gasteiger partial charge in [-0.3, -0.25) is 14.9 Å². The van der Waals surface area contributed by atoms with Crippen LogP contribution in [0.15, 0.2) is 47.4 Å². The standard InChI is InChI=1S/C18H21N3O6S/c1-3-20(4-2)28(25,26)15-9-10-17(16(11-15)21(23)24)27-12-13-5-7-14(8-6-13)18(19)22/h5-11H,3-4,12H2,1-2H3,(H2,19,22). The number of carbonyl (C=O) groups excluding carboxylic acids is 1. The maximum absolute atomic E-state index is 12.6. The number of hydrogen-bond acceptors (Lipinski definition) is 6. The summed E-state index contributed by atoms with van der Waals surface area (Å²) in [5, 5.41) is 11.4. The summed E-state index contributed by atoms with van der Waals surface area (Å²) in [6.45, 7) is 3.90. The predicted molar refractivity (Wildman–Crippen MR) is 102 cm³/mol. The van der Waals surface area contributed by atoms with Crippen molar-refractivity contribution in [2.45, 2.75) is 25.3 Å². The molecular weight excluding hydrogens is 386 g/mol. The van der Waals surface area contributed by atoms with Crippen molar-refractivity contribution in [3.63, 3.8) is 0 Å². The minimum absolute atomic E-state index is 0.00201. The summed E-state index contributed by atoms with van der Waals surface area (Å²) in [5.41, 5.74) is 5.73. The third-order valence-electron chi connectivity index (χ3n) is 4.10.